The summed E-state index contributed by atoms with van der Waals surface area (Å²) in [6.45, 7) is 2.30. The molecule has 0 spiro atoms. The average Bonchev–Trinajstić information content (AvgIpc) is 3.12. The van der Waals surface area contributed by atoms with Crippen LogP contribution in [0.4, 0.5) is 15.8 Å². The number of aromatic nitrogens is 1. The Bertz CT molecular complexity index is 1530. The van der Waals surface area contributed by atoms with E-state index in [1.54, 1.807) is 28.8 Å². The molecule has 1 N–H and O–H groups in total. The van der Waals surface area contributed by atoms with Crippen molar-refractivity contribution in [2.24, 2.45) is 0 Å². The maximum absolute atomic E-state index is 14.1. The number of carbonyl (C=O) groups is 1. The van der Waals surface area contributed by atoms with Gasteiger partial charge in [-0.1, -0.05) is 29.5 Å². The van der Waals surface area contributed by atoms with Crippen molar-refractivity contribution in [3.8, 4) is 0 Å². The number of nitrogens with zero attached hydrogens (tertiary/aromatic N) is 2. The van der Waals surface area contributed by atoms with Crippen molar-refractivity contribution in [2.75, 3.05) is 15.9 Å². The molecule has 0 aliphatic heterocycles. The summed E-state index contributed by atoms with van der Waals surface area (Å²) in [4.78, 5) is 24.7. The minimum atomic E-state index is -3.70. The molecule has 10 heteroatoms. The van der Waals surface area contributed by atoms with E-state index in [0.29, 0.717) is 23.5 Å². The molecule has 0 bridgehead atoms. The number of sulfonamides is 1. The molecule has 0 fully saturated rings. The third-order valence-corrected chi connectivity index (χ3v) is 7.41. The van der Waals surface area contributed by atoms with E-state index in [4.69, 9.17) is 0 Å². The van der Waals surface area contributed by atoms with E-state index in [0.717, 1.165) is 32.1 Å². The number of aryl methyl sites for hydroxylation is 1. The molecule has 0 saturated heterocycles. The molecule has 3 aromatic carbocycles. The highest BCUT2D eigenvalue weighted by Gasteiger charge is 2.20. The Balaban J connectivity index is 1.55. The number of rotatable bonds is 7. The zero-order valence-corrected chi connectivity index (χ0v) is 20.1. The van der Waals surface area contributed by atoms with Gasteiger partial charge >= 0.3 is 4.87 Å². The molecule has 0 unspecified atom stereocenters. The molecule has 0 radical (unpaired) electrons. The SMILES string of the molecule is CCn1c(=O)sc2cc(NC(=O)c3ccc(N(Cc4ccccc4F)S(C)(=O)=O)cc3)ccc21. The van der Waals surface area contributed by atoms with Crippen molar-refractivity contribution in [2.45, 2.75) is 20.0 Å². The van der Waals surface area contributed by atoms with Crippen molar-refractivity contribution in [1.29, 1.82) is 0 Å². The van der Waals surface area contributed by atoms with E-state index in [1.165, 1.54) is 42.5 Å². The van der Waals surface area contributed by atoms with Gasteiger partial charge in [-0.3, -0.25) is 18.5 Å². The quantitative estimate of drug-likeness (QED) is 0.407. The van der Waals surface area contributed by atoms with Gasteiger partial charge in [0.25, 0.3) is 5.91 Å². The van der Waals surface area contributed by atoms with Crippen LogP contribution in [0.2, 0.25) is 0 Å². The number of carbonyl (C=O) groups excluding carboxylic acids is 1. The molecule has 0 atom stereocenters. The van der Waals surface area contributed by atoms with E-state index >= 15 is 0 Å². The Morgan fingerprint density at radius 1 is 1.09 bits per heavy atom. The number of anilines is 2. The Morgan fingerprint density at radius 3 is 2.44 bits per heavy atom. The van der Waals surface area contributed by atoms with Gasteiger partial charge in [-0.05, 0) is 55.5 Å². The van der Waals surface area contributed by atoms with Crippen molar-refractivity contribution >= 4 is 48.9 Å². The van der Waals surface area contributed by atoms with Gasteiger partial charge in [0.15, 0.2) is 0 Å². The molecule has 176 valence electrons. The summed E-state index contributed by atoms with van der Waals surface area (Å²) in [5.41, 5.74) is 2.24. The van der Waals surface area contributed by atoms with Gasteiger partial charge in [-0.15, -0.1) is 0 Å². The molecule has 4 aromatic rings. The summed E-state index contributed by atoms with van der Waals surface area (Å²) in [5.74, 6) is -0.878. The largest absolute Gasteiger partial charge is 0.322 e. The standard InChI is InChI=1S/C24H22FN3O4S2/c1-3-27-21-13-10-18(14-22(21)33-24(27)30)26-23(29)16-8-11-19(12-9-16)28(34(2,31)32)15-17-6-4-5-7-20(17)25/h4-14H,3,15H2,1-2H3,(H,26,29). The second-order valence-corrected chi connectivity index (χ2v) is 10.6. The minimum absolute atomic E-state index is 0.0534. The van der Waals surface area contributed by atoms with Crippen LogP contribution in [0.1, 0.15) is 22.8 Å². The van der Waals surface area contributed by atoms with Crippen molar-refractivity contribution < 1.29 is 17.6 Å². The summed E-state index contributed by atoms with van der Waals surface area (Å²) in [6.07, 6.45) is 1.05. The Kier molecular flexibility index (Phi) is 6.54. The highest BCUT2D eigenvalue weighted by molar-refractivity contribution is 7.92. The number of hydrogen-bond acceptors (Lipinski definition) is 5. The third-order valence-electron chi connectivity index (χ3n) is 5.33. The van der Waals surface area contributed by atoms with Crippen LogP contribution < -0.4 is 14.5 Å². The van der Waals surface area contributed by atoms with Crippen LogP contribution in [0.3, 0.4) is 0 Å². The lowest BCUT2D eigenvalue weighted by molar-refractivity contribution is 0.102. The molecule has 1 aromatic heterocycles. The topological polar surface area (TPSA) is 88.5 Å². The molecule has 4 rings (SSSR count). The Hall–Kier alpha value is -3.50. The molecule has 1 heterocycles. The minimum Gasteiger partial charge on any atom is -0.322 e. The lowest BCUT2D eigenvalue weighted by Crippen LogP contribution is -2.29. The number of fused-ring (bicyclic) bond motifs is 1. The van der Waals surface area contributed by atoms with Gasteiger partial charge in [0.2, 0.25) is 10.0 Å². The van der Waals surface area contributed by atoms with Gasteiger partial charge < -0.3 is 5.32 Å². The highest BCUT2D eigenvalue weighted by Crippen LogP contribution is 2.24. The maximum atomic E-state index is 14.1. The number of hydrogen-bond donors (Lipinski definition) is 1. The summed E-state index contributed by atoms with van der Waals surface area (Å²) >= 11 is 1.12. The first-order chi connectivity index (χ1) is 16.2. The molecular weight excluding hydrogens is 477 g/mol. The van der Waals surface area contributed by atoms with E-state index < -0.39 is 15.8 Å². The summed E-state index contributed by atoms with van der Waals surface area (Å²) in [5, 5.41) is 2.80. The van der Waals surface area contributed by atoms with Crippen LogP contribution in [0.25, 0.3) is 10.2 Å². The van der Waals surface area contributed by atoms with Crippen LogP contribution in [0, 0.1) is 5.82 Å². The predicted molar refractivity (Wildman–Crippen MR) is 134 cm³/mol. The van der Waals surface area contributed by atoms with Crippen LogP contribution in [-0.4, -0.2) is 25.1 Å². The van der Waals surface area contributed by atoms with Crippen molar-refractivity contribution in [3.05, 3.63) is 93.3 Å². The number of thiazole rings is 1. The number of halogens is 1. The molecule has 0 aliphatic rings. The van der Waals surface area contributed by atoms with E-state index in [1.807, 2.05) is 6.92 Å². The van der Waals surface area contributed by atoms with Crippen LogP contribution in [-0.2, 0) is 23.1 Å². The smallest absolute Gasteiger partial charge is 0.308 e. The van der Waals surface area contributed by atoms with Crippen LogP contribution in [0.5, 0.6) is 0 Å². The van der Waals surface area contributed by atoms with Gasteiger partial charge in [0.05, 0.1) is 28.7 Å². The maximum Gasteiger partial charge on any atom is 0.308 e. The molecule has 7 nitrogen and oxygen atoms in total. The first-order valence-electron chi connectivity index (χ1n) is 10.4. The van der Waals surface area contributed by atoms with E-state index in [9.17, 15) is 22.4 Å². The predicted octanol–water partition coefficient (Wildman–Crippen LogP) is 4.44. The number of nitrogens with one attached hydrogen (secondary N) is 1. The molecule has 0 saturated carbocycles. The lowest BCUT2D eigenvalue weighted by atomic mass is 10.1. The van der Waals surface area contributed by atoms with Crippen molar-refractivity contribution in [1.82, 2.24) is 4.57 Å². The zero-order chi connectivity index (χ0) is 24.5. The molecule has 34 heavy (non-hydrogen) atoms. The summed E-state index contributed by atoms with van der Waals surface area (Å²) < 4.78 is 42.3. The molecule has 0 aliphatic carbocycles. The number of benzene rings is 3. The Labute approximate surface area is 200 Å². The van der Waals surface area contributed by atoms with Gasteiger partial charge in [0, 0.05) is 23.4 Å². The summed E-state index contributed by atoms with van der Waals surface area (Å²) in [7, 11) is -3.70. The average molecular weight is 500 g/mol. The fourth-order valence-electron chi connectivity index (χ4n) is 3.61. The van der Waals surface area contributed by atoms with E-state index in [2.05, 4.69) is 5.32 Å². The second kappa shape index (κ2) is 9.40. The number of amides is 1. The normalized spacial score (nSPS) is 11.5. The lowest BCUT2D eigenvalue weighted by Gasteiger charge is -2.23. The molecular formula is C24H22FN3O4S2. The third kappa shape index (κ3) is 4.87. The van der Waals surface area contributed by atoms with Gasteiger partial charge in [0.1, 0.15) is 5.82 Å². The van der Waals surface area contributed by atoms with Crippen LogP contribution >= 0.6 is 11.3 Å². The Morgan fingerprint density at radius 2 is 1.79 bits per heavy atom. The monoisotopic (exact) mass is 499 g/mol. The first kappa shape index (κ1) is 23.7. The van der Waals surface area contributed by atoms with E-state index in [-0.39, 0.29) is 22.9 Å². The fourth-order valence-corrected chi connectivity index (χ4v) is 5.48. The van der Waals surface area contributed by atoms with Crippen LogP contribution in [0.15, 0.2) is 71.5 Å². The zero-order valence-electron chi connectivity index (χ0n) is 18.5. The van der Waals surface area contributed by atoms with Crippen molar-refractivity contribution in [3.63, 3.8) is 0 Å². The fraction of sp³-hybridized carbons (Fsp3) is 0.167. The first-order valence-corrected chi connectivity index (χ1v) is 13.1. The summed E-state index contributed by atoms with van der Waals surface area (Å²) in [6, 6.07) is 17.3. The second-order valence-electron chi connectivity index (χ2n) is 7.66. The van der Waals surface area contributed by atoms with Gasteiger partial charge in [-0.2, -0.15) is 0 Å². The van der Waals surface area contributed by atoms with Gasteiger partial charge in [-0.25, -0.2) is 12.8 Å². The molecule has 1 amide bonds. The highest BCUT2D eigenvalue weighted by atomic mass is 32.2.